The second-order valence-electron chi connectivity index (χ2n) is 3.93. The molecule has 0 saturated carbocycles. The highest BCUT2D eigenvalue weighted by molar-refractivity contribution is 5.67. The van der Waals surface area contributed by atoms with Crippen molar-refractivity contribution >= 4 is 5.97 Å². The first-order valence-corrected chi connectivity index (χ1v) is 5.17. The molecule has 76 valence electrons. The minimum atomic E-state index is -0.686. The summed E-state index contributed by atoms with van der Waals surface area (Å²) in [6.07, 6.45) is 4.99. The first-order chi connectivity index (χ1) is 6.22. The van der Waals surface area contributed by atoms with E-state index in [0.29, 0.717) is 0 Å². The van der Waals surface area contributed by atoms with Crippen LogP contribution in [0.2, 0.25) is 0 Å². The largest absolute Gasteiger partial charge is 0.481 e. The van der Waals surface area contributed by atoms with Gasteiger partial charge in [0.05, 0.1) is 6.42 Å². The maximum atomic E-state index is 10.5. The second-order valence-corrected chi connectivity index (χ2v) is 3.93. The van der Waals surface area contributed by atoms with Gasteiger partial charge in [0, 0.05) is 6.04 Å². The maximum absolute atomic E-state index is 10.5. The molecule has 2 unspecified atom stereocenters. The first-order valence-electron chi connectivity index (χ1n) is 5.17. The van der Waals surface area contributed by atoms with E-state index in [1.807, 2.05) is 0 Å². The fourth-order valence-corrected chi connectivity index (χ4v) is 2.13. The van der Waals surface area contributed by atoms with E-state index < -0.39 is 5.97 Å². The maximum Gasteiger partial charge on any atom is 0.304 e. The van der Waals surface area contributed by atoms with Gasteiger partial charge in [0.1, 0.15) is 0 Å². The topological polar surface area (TPSA) is 49.3 Å². The fraction of sp³-hybridized carbons (Fsp3) is 0.900. The Morgan fingerprint density at radius 3 is 3.00 bits per heavy atom. The van der Waals surface area contributed by atoms with Crippen LogP contribution in [0.3, 0.4) is 0 Å². The zero-order chi connectivity index (χ0) is 9.68. The molecule has 0 bridgehead atoms. The second kappa shape index (κ2) is 5.22. The molecule has 13 heavy (non-hydrogen) atoms. The van der Waals surface area contributed by atoms with Gasteiger partial charge in [-0.3, -0.25) is 4.79 Å². The van der Waals surface area contributed by atoms with E-state index >= 15 is 0 Å². The summed E-state index contributed by atoms with van der Waals surface area (Å²) in [6, 6.07) is 0.211. The summed E-state index contributed by atoms with van der Waals surface area (Å²) in [7, 11) is 0. The Balaban J connectivity index is 2.28. The van der Waals surface area contributed by atoms with Crippen LogP contribution in [0, 0.1) is 5.92 Å². The van der Waals surface area contributed by atoms with Crippen molar-refractivity contribution in [3.8, 4) is 0 Å². The van der Waals surface area contributed by atoms with E-state index in [9.17, 15) is 4.79 Å². The third kappa shape index (κ3) is 3.77. The standard InChI is InChI=1S/C10H19NO2/c1-2-3-8-4-5-11-9(6-8)7-10(12)13/h8-9,11H,2-7H2,1H3,(H,12,13). The summed E-state index contributed by atoms with van der Waals surface area (Å²) >= 11 is 0. The Morgan fingerprint density at radius 2 is 2.38 bits per heavy atom. The third-order valence-electron chi connectivity index (χ3n) is 2.72. The number of carboxylic acids is 1. The van der Waals surface area contributed by atoms with Crippen molar-refractivity contribution in [2.75, 3.05) is 6.54 Å². The van der Waals surface area contributed by atoms with Crippen molar-refractivity contribution < 1.29 is 9.90 Å². The summed E-state index contributed by atoms with van der Waals surface area (Å²) in [4.78, 5) is 10.5. The van der Waals surface area contributed by atoms with Crippen LogP contribution in [-0.2, 0) is 4.79 Å². The lowest BCUT2D eigenvalue weighted by Crippen LogP contribution is -2.39. The van der Waals surface area contributed by atoms with E-state index in [4.69, 9.17) is 5.11 Å². The number of aliphatic carboxylic acids is 1. The Hall–Kier alpha value is -0.570. The lowest BCUT2D eigenvalue weighted by Gasteiger charge is -2.29. The highest BCUT2D eigenvalue weighted by Gasteiger charge is 2.22. The van der Waals surface area contributed by atoms with Crippen molar-refractivity contribution in [1.29, 1.82) is 0 Å². The number of carboxylic acid groups (broad SMARTS) is 1. The van der Waals surface area contributed by atoms with E-state index in [2.05, 4.69) is 12.2 Å². The molecule has 3 heteroatoms. The molecule has 1 aliphatic rings. The van der Waals surface area contributed by atoms with Gasteiger partial charge in [0.2, 0.25) is 0 Å². The number of nitrogens with one attached hydrogen (secondary N) is 1. The summed E-state index contributed by atoms with van der Waals surface area (Å²) in [5.74, 6) is 0.0604. The molecule has 0 radical (unpaired) electrons. The quantitative estimate of drug-likeness (QED) is 0.700. The van der Waals surface area contributed by atoms with Crippen molar-refractivity contribution in [2.45, 2.75) is 45.1 Å². The van der Waals surface area contributed by atoms with E-state index in [1.165, 1.54) is 19.3 Å². The first kappa shape index (κ1) is 10.5. The van der Waals surface area contributed by atoms with Crippen molar-refractivity contribution in [3.05, 3.63) is 0 Å². The minimum Gasteiger partial charge on any atom is -0.481 e. The van der Waals surface area contributed by atoms with Crippen LogP contribution in [0.4, 0.5) is 0 Å². The predicted molar refractivity (Wildman–Crippen MR) is 51.7 cm³/mol. The zero-order valence-electron chi connectivity index (χ0n) is 8.25. The van der Waals surface area contributed by atoms with Crippen LogP contribution < -0.4 is 5.32 Å². The molecule has 1 saturated heterocycles. The molecular weight excluding hydrogens is 166 g/mol. The summed E-state index contributed by atoms with van der Waals surface area (Å²) < 4.78 is 0. The molecule has 1 fully saturated rings. The van der Waals surface area contributed by atoms with Crippen LogP contribution >= 0.6 is 0 Å². The Morgan fingerprint density at radius 1 is 1.62 bits per heavy atom. The highest BCUT2D eigenvalue weighted by Crippen LogP contribution is 2.22. The average molecular weight is 185 g/mol. The van der Waals surface area contributed by atoms with Gasteiger partial charge in [-0.2, -0.15) is 0 Å². The van der Waals surface area contributed by atoms with Gasteiger partial charge in [-0.05, 0) is 25.3 Å². The number of carbonyl (C=O) groups is 1. The lowest BCUT2D eigenvalue weighted by molar-refractivity contribution is -0.137. The van der Waals surface area contributed by atoms with E-state index in [1.54, 1.807) is 0 Å². The molecule has 2 atom stereocenters. The Kier molecular flexibility index (Phi) is 4.22. The molecular formula is C10H19NO2. The molecule has 2 N–H and O–H groups in total. The molecule has 3 nitrogen and oxygen atoms in total. The molecule has 0 aromatic rings. The average Bonchev–Trinajstić information content (AvgIpc) is 2.04. The molecule has 1 heterocycles. The van der Waals surface area contributed by atoms with Crippen LogP contribution in [0.5, 0.6) is 0 Å². The molecule has 0 spiro atoms. The number of hydrogen-bond acceptors (Lipinski definition) is 2. The van der Waals surface area contributed by atoms with Crippen LogP contribution in [0.15, 0.2) is 0 Å². The van der Waals surface area contributed by atoms with Gasteiger partial charge in [-0.15, -0.1) is 0 Å². The normalized spacial score (nSPS) is 28.7. The predicted octanol–water partition coefficient (Wildman–Crippen LogP) is 1.63. The monoisotopic (exact) mass is 185 g/mol. The van der Waals surface area contributed by atoms with Gasteiger partial charge in [0.15, 0.2) is 0 Å². The molecule has 1 aliphatic heterocycles. The van der Waals surface area contributed by atoms with Crippen molar-refractivity contribution in [2.24, 2.45) is 5.92 Å². The van der Waals surface area contributed by atoms with Crippen LogP contribution in [0.25, 0.3) is 0 Å². The van der Waals surface area contributed by atoms with Gasteiger partial charge >= 0.3 is 5.97 Å². The van der Waals surface area contributed by atoms with Gasteiger partial charge in [-0.1, -0.05) is 19.8 Å². The van der Waals surface area contributed by atoms with Gasteiger partial charge in [0.25, 0.3) is 0 Å². The molecule has 1 rings (SSSR count). The smallest absolute Gasteiger partial charge is 0.304 e. The number of rotatable bonds is 4. The SMILES string of the molecule is CCCC1CCNC(CC(=O)O)C1. The summed E-state index contributed by atoms with van der Waals surface area (Å²) in [6.45, 7) is 3.18. The minimum absolute atomic E-state index is 0.211. The van der Waals surface area contributed by atoms with E-state index in [0.717, 1.165) is 18.9 Å². The Bertz CT molecular complexity index is 168. The van der Waals surface area contributed by atoms with Crippen LogP contribution in [0.1, 0.15) is 39.0 Å². The highest BCUT2D eigenvalue weighted by atomic mass is 16.4. The zero-order valence-corrected chi connectivity index (χ0v) is 8.25. The van der Waals surface area contributed by atoms with Crippen LogP contribution in [-0.4, -0.2) is 23.7 Å². The Labute approximate surface area is 79.5 Å². The number of piperidine rings is 1. The molecule has 0 aliphatic carbocycles. The van der Waals surface area contributed by atoms with E-state index in [-0.39, 0.29) is 12.5 Å². The molecule has 0 aromatic carbocycles. The van der Waals surface area contributed by atoms with Gasteiger partial charge in [-0.25, -0.2) is 0 Å². The summed E-state index contributed by atoms with van der Waals surface area (Å²) in [5, 5.41) is 11.9. The third-order valence-corrected chi connectivity index (χ3v) is 2.72. The van der Waals surface area contributed by atoms with Crippen molar-refractivity contribution in [3.63, 3.8) is 0 Å². The molecule has 0 amide bonds. The molecule has 0 aromatic heterocycles. The van der Waals surface area contributed by atoms with Gasteiger partial charge < -0.3 is 10.4 Å². The summed E-state index contributed by atoms with van der Waals surface area (Å²) in [5.41, 5.74) is 0. The fourth-order valence-electron chi connectivity index (χ4n) is 2.13. The number of hydrogen-bond donors (Lipinski definition) is 2. The van der Waals surface area contributed by atoms with Crippen molar-refractivity contribution in [1.82, 2.24) is 5.32 Å². The lowest BCUT2D eigenvalue weighted by atomic mass is 9.88.